The summed E-state index contributed by atoms with van der Waals surface area (Å²) < 4.78 is 138. The van der Waals surface area contributed by atoms with Crippen molar-refractivity contribution in [2.45, 2.75) is 25.4 Å². The minimum Gasteiger partial charge on any atom is -0.381 e. The van der Waals surface area contributed by atoms with Crippen LogP contribution in [-0.2, 0) is 25.4 Å². The van der Waals surface area contributed by atoms with Crippen molar-refractivity contribution in [1.29, 1.82) is 0 Å². The molecule has 42 heavy (non-hydrogen) atoms. The van der Waals surface area contributed by atoms with Crippen LogP contribution in [0.15, 0.2) is 72.8 Å². The molecule has 3 nitrogen and oxygen atoms in total. The van der Waals surface area contributed by atoms with E-state index < -0.39 is 64.4 Å². The summed E-state index contributed by atoms with van der Waals surface area (Å²) in [7, 11) is 0. The van der Waals surface area contributed by atoms with Crippen molar-refractivity contribution in [3.8, 4) is 11.3 Å². The van der Waals surface area contributed by atoms with E-state index >= 15 is 0 Å². The van der Waals surface area contributed by atoms with Gasteiger partial charge in [0.1, 0.15) is 28.8 Å². The molecule has 1 N–H and O–H groups in total. The third kappa shape index (κ3) is 5.76. The summed E-state index contributed by atoms with van der Waals surface area (Å²) in [5.74, 6) is -4.62. The molecule has 0 aliphatic heterocycles. The van der Waals surface area contributed by atoms with Crippen molar-refractivity contribution in [3.63, 3.8) is 0 Å². The average Bonchev–Trinajstić information content (AvgIpc) is 3.27. The highest BCUT2D eigenvalue weighted by Crippen LogP contribution is 2.39. The predicted molar refractivity (Wildman–Crippen MR) is 134 cm³/mol. The van der Waals surface area contributed by atoms with Crippen LogP contribution in [0.25, 0.3) is 22.2 Å². The van der Waals surface area contributed by atoms with E-state index in [1.165, 1.54) is 30.3 Å². The predicted octanol–water partition coefficient (Wildman–Crippen LogP) is 8.96. The highest BCUT2D eigenvalue weighted by Gasteiger charge is 2.35. The van der Waals surface area contributed by atoms with Gasteiger partial charge in [-0.2, -0.15) is 31.4 Å². The number of rotatable bonds is 6. The number of halogens is 10. The van der Waals surface area contributed by atoms with Gasteiger partial charge in [-0.1, -0.05) is 24.3 Å². The number of nitrogens with one attached hydrogen (secondary N) is 1. The van der Waals surface area contributed by atoms with Gasteiger partial charge in [-0.3, -0.25) is 4.68 Å². The first-order valence-corrected chi connectivity index (χ1v) is 12.1. The zero-order valence-corrected chi connectivity index (χ0v) is 21.0. The van der Waals surface area contributed by atoms with Gasteiger partial charge in [-0.25, -0.2) is 17.6 Å². The minimum absolute atomic E-state index is 0.0196. The molecule has 1 aromatic heterocycles. The molecule has 13 heteroatoms. The molecule has 0 saturated heterocycles. The summed E-state index contributed by atoms with van der Waals surface area (Å²) in [6.45, 7) is -1.07. The van der Waals surface area contributed by atoms with Crippen LogP contribution in [0.2, 0.25) is 0 Å². The van der Waals surface area contributed by atoms with Gasteiger partial charge >= 0.3 is 12.4 Å². The summed E-state index contributed by atoms with van der Waals surface area (Å²) in [5.41, 5.74) is -3.11. The number of aromatic nitrogens is 2. The molecule has 5 rings (SSSR count). The molecule has 0 bridgehead atoms. The van der Waals surface area contributed by atoms with Gasteiger partial charge in [0.25, 0.3) is 0 Å². The molecule has 0 spiro atoms. The van der Waals surface area contributed by atoms with Crippen LogP contribution in [0.3, 0.4) is 0 Å². The Bertz CT molecular complexity index is 1760. The molecular formula is C29H17F10N3. The van der Waals surface area contributed by atoms with E-state index in [1.807, 2.05) is 0 Å². The van der Waals surface area contributed by atoms with Crippen molar-refractivity contribution in [2.24, 2.45) is 0 Å². The van der Waals surface area contributed by atoms with E-state index in [0.717, 1.165) is 16.8 Å². The Hall–Kier alpha value is -4.55. The summed E-state index contributed by atoms with van der Waals surface area (Å²) in [6.07, 6.45) is -9.51. The van der Waals surface area contributed by atoms with Crippen LogP contribution < -0.4 is 5.32 Å². The summed E-state index contributed by atoms with van der Waals surface area (Å²) >= 11 is 0. The lowest BCUT2D eigenvalue weighted by atomic mass is 10.0. The van der Waals surface area contributed by atoms with Crippen LogP contribution in [-0.4, -0.2) is 9.78 Å². The van der Waals surface area contributed by atoms with Gasteiger partial charge in [0.05, 0.1) is 23.4 Å². The van der Waals surface area contributed by atoms with Crippen LogP contribution >= 0.6 is 0 Å². The molecule has 4 aromatic carbocycles. The smallest absolute Gasteiger partial charge is 0.381 e. The van der Waals surface area contributed by atoms with Crippen LogP contribution in [0.5, 0.6) is 0 Å². The van der Waals surface area contributed by atoms with Gasteiger partial charge in [-0.05, 0) is 36.4 Å². The molecule has 0 unspecified atom stereocenters. The van der Waals surface area contributed by atoms with Gasteiger partial charge in [0.15, 0.2) is 0 Å². The fraction of sp³-hybridized carbons (Fsp3) is 0.138. The van der Waals surface area contributed by atoms with E-state index in [0.29, 0.717) is 30.3 Å². The lowest BCUT2D eigenvalue weighted by molar-refractivity contribution is -0.138. The van der Waals surface area contributed by atoms with Gasteiger partial charge in [0, 0.05) is 46.4 Å². The highest BCUT2D eigenvalue weighted by atomic mass is 19.4. The Kier molecular flexibility index (Phi) is 7.37. The van der Waals surface area contributed by atoms with Crippen LogP contribution in [0.1, 0.15) is 22.3 Å². The molecule has 0 aliphatic rings. The molecule has 218 valence electrons. The highest BCUT2D eigenvalue weighted by molar-refractivity contribution is 5.95. The Labute approximate surface area is 231 Å². The standard InChI is InChI=1S/C29H17F10N3/c30-18-11-24(32)21(25(33)12-18)14-42-27(20-5-2-6-22(26(20)41-42)29(37,38)39)15-3-1-4-19(10-15)40-13-16-9-17(28(34,35)36)7-8-23(16)31/h1-12,40H,13-14H2. The van der Waals surface area contributed by atoms with Crippen LogP contribution in [0, 0.1) is 23.3 Å². The van der Waals surface area contributed by atoms with Crippen molar-refractivity contribution < 1.29 is 43.9 Å². The van der Waals surface area contributed by atoms with E-state index in [9.17, 15) is 43.9 Å². The Morgan fingerprint density at radius 1 is 0.714 bits per heavy atom. The summed E-state index contributed by atoms with van der Waals surface area (Å²) in [6, 6.07) is 11.9. The number of alkyl halides is 6. The minimum atomic E-state index is -4.82. The van der Waals surface area contributed by atoms with E-state index in [2.05, 4.69) is 10.4 Å². The van der Waals surface area contributed by atoms with Crippen molar-refractivity contribution >= 4 is 16.6 Å². The number of hydrogen-bond donors (Lipinski definition) is 1. The van der Waals surface area contributed by atoms with E-state index in [4.69, 9.17) is 0 Å². The molecule has 0 amide bonds. The molecule has 0 aliphatic carbocycles. The summed E-state index contributed by atoms with van der Waals surface area (Å²) in [5, 5.41) is 6.78. The normalized spacial score (nSPS) is 12.2. The lowest BCUT2D eigenvalue weighted by Gasteiger charge is -2.13. The maximum absolute atomic E-state index is 14.5. The average molecular weight is 597 g/mol. The van der Waals surface area contributed by atoms with Gasteiger partial charge in [-0.15, -0.1) is 0 Å². The van der Waals surface area contributed by atoms with Gasteiger partial charge < -0.3 is 5.32 Å². The zero-order valence-electron chi connectivity index (χ0n) is 21.0. The molecule has 0 radical (unpaired) electrons. The van der Waals surface area contributed by atoms with E-state index in [-0.39, 0.29) is 34.4 Å². The topological polar surface area (TPSA) is 29.9 Å². The maximum atomic E-state index is 14.5. The Balaban J connectivity index is 1.58. The number of nitrogens with zero attached hydrogens (tertiary/aromatic N) is 2. The van der Waals surface area contributed by atoms with Crippen molar-refractivity contribution in [2.75, 3.05) is 5.32 Å². The number of fused-ring (bicyclic) bond motifs is 1. The maximum Gasteiger partial charge on any atom is 0.418 e. The third-order valence-electron chi connectivity index (χ3n) is 6.48. The van der Waals surface area contributed by atoms with E-state index in [1.54, 1.807) is 0 Å². The summed E-state index contributed by atoms with van der Waals surface area (Å²) in [4.78, 5) is 0. The second kappa shape index (κ2) is 10.7. The number of benzene rings is 4. The third-order valence-corrected chi connectivity index (χ3v) is 6.48. The fourth-order valence-corrected chi connectivity index (χ4v) is 4.53. The Morgan fingerprint density at radius 3 is 2.07 bits per heavy atom. The lowest BCUT2D eigenvalue weighted by Crippen LogP contribution is -2.09. The molecule has 0 saturated carbocycles. The quantitative estimate of drug-likeness (QED) is 0.198. The molecular weight excluding hydrogens is 580 g/mol. The Morgan fingerprint density at radius 2 is 1.40 bits per heavy atom. The van der Waals surface area contributed by atoms with Crippen LogP contribution in [0.4, 0.5) is 49.6 Å². The molecule has 0 fully saturated rings. The van der Waals surface area contributed by atoms with Crippen molar-refractivity contribution in [3.05, 3.63) is 118 Å². The first-order chi connectivity index (χ1) is 19.7. The first-order valence-electron chi connectivity index (χ1n) is 12.1. The monoisotopic (exact) mass is 597 g/mol. The second-order valence-electron chi connectivity index (χ2n) is 9.29. The molecule has 0 atom stereocenters. The largest absolute Gasteiger partial charge is 0.418 e. The number of hydrogen-bond acceptors (Lipinski definition) is 2. The zero-order chi connectivity index (χ0) is 30.4. The second-order valence-corrected chi connectivity index (χ2v) is 9.29. The molecule has 5 aromatic rings. The number of anilines is 1. The SMILES string of the molecule is Fc1cc(F)c(Cn2nc3c(C(F)(F)F)cccc3c2-c2cccc(NCc3cc(C(F)(F)F)ccc3F)c2)c(F)c1. The van der Waals surface area contributed by atoms with Crippen molar-refractivity contribution in [1.82, 2.24) is 9.78 Å². The van der Waals surface area contributed by atoms with Gasteiger partial charge in [0.2, 0.25) is 0 Å². The fourth-order valence-electron chi connectivity index (χ4n) is 4.53. The first kappa shape index (κ1) is 29.0. The molecule has 1 heterocycles.